The van der Waals surface area contributed by atoms with Gasteiger partial charge in [-0.3, -0.25) is 4.68 Å². The highest BCUT2D eigenvalue weighted by molar-refractivity contribution is 5.78. The minimum Gasteiger partial charge on any atom is -0.383 e. The number of benzene rings is 1. The third-order valence-corrected chi connectivity index (χ3v) is 2.86. The summed E-state index contributed by atoms with van der Waals surface area (Å²) in [5, 5.41) is 7.29. The Morgan fingerprint density at radius 2 is 2.35 bits per heavy atom. The molecule has 3 aromatic rings. The number of fused-ring (bicyclic) bond motifs is 1. The Hall–Kier alpha value is -2.41. The van der Waals surface area contributed by atoms with E-state index in [1.54, 1.807) is 24.1 Å². The molecule has 0 aliphatic rings. The van der Waals surface area contributed by atoms with Crippen LogP contribution in [0.3, 0.4) is 0 Å². The summed E-state index contributed by atoms with van der Waals surface area (Å²) in [5.41, 5.74) is 2.17. The van der Waals surface area contributed by atoms with Crippen LogP contribution >= 0.6 is 0 Å². The fraction of sp³-hybridized carbons (Fsp3) is 0.231. The van der Waals surface area contributed by atoms with Gasteiger partial charge in [0.25, 0.3) is 0 Å². The smallest absolute Gasteiger partial charge is 0.205 e. The number of imidazole rings is 1. The molecule has 0 saturated heterocycles. The number of aromatic nitrogens is 4. The molecule has 6 nitrogen and oxygen atoms in total. The van der Waals surface area contributed by atoms with Crippen molar-refractivity contribution in [1.29, 1.82) is 0 Å². The first-order valence-electron chi connectivity index (χ1n) is 6.18. The van der Waals surface area contributed by atoms with E-state index in [9.17, 15) is 4.39 Å². The zero-order chi connectivity index (χ0) is 13.9. The average Bonchev–Trinajstić information content (AvgIpc) is 3.02. The lowest BCUT2D eigenvalue weighted by Crippen LogP contribution is -2.03. The number of hydrogen-bond donors (Lipinski definition) is 2. The lowest BCUT2D eigenvalue weighted by atomic mass is 10.3. The predicted octanol–water partition coefficient (Wildman–Crippen LogP) is 2.29. The third-order valence-electron chi connectivity index (χ3n) is 2.86. The van der Waals surface area contributed by atoms with Gasteiger partial charge in [-0.15, -0.1) is 0 Å². The number of nitrogens with one attached hydrogen (secondary N) is 2. The molecule has 20 heavy (non-hydrogen) atoms. The van der Waals surface area contributed by atoms with Crippen molar-refractivity contribution in [2.24, 2.45) is 0 Å². The predicted molar refractivity (Wildman–Crippen MR) is 73.4 cm³/mol. The SMILES string of the molecule is COCCn1cc(Nc2nc3ccc(F)cc3[nH]2)cn1. The molecule has 7 heteroatoms. The Kier molecular flexibility index (Phi) is 3.34. The van der Waals surface area contributed by atoms with Crippen LogP contribution in [-0.2, 0) is 11.3 Å². The van der Waals surface area contributed by atoms with Crippen molar-refractivity contribution in [2.75, 3.05) is 19.0 Å². The van der Waals surface area contributed by atoms with Crippen molar-refractivity contribution < 1.29 is 9.13 Å². The van der Waals surface area contributed by atoms with Crippen LogP contribution < -0.4 is 5.32 Å². The standard InChI is InChI=1S/C13H14FN5O/c1-20-5-4-19-8-10(7-15-19)16-13-17-11-3-2-9(14)6-12(11)18-13/h2-3,6-8H,4-5H2,1H3,(H2,16,17,18). The number of ether oxygens (including phenoxy) is 1. The van der Waals surface area contributed by atoms with Gasteiger partial charge in [0, 0.05) is 13.3 Å². The van der Waals surface area contributed by atoms with Gasteiger partial charge in [0.15, 0.2) is 0 Å². The number of nitrogens with zero attached hydrogens (tertiary/aromatic N) is 3. The number of H-pyrrole nitrogens is 1. The highest BCUT2D eigenvalue weighted by atomic mass is 19.1. The number of rotatable bonds is 5. The molecule has 2 aromatic heterocycles. The van der Waals surface area contributed by atoms with Gasteiger partial charge in [0.2, 0.25) is 5.95 Å². The minimum absolute atomic E-state index is 0.292. The minimum atomic E-state index is -0.292. The lowest BCUT2D eigenvalue weighted by Gasteiger charge is -1.99. The quantitative estimate of drug-likeness (QED) is 0.749. The summed E-state index contributed by atoms with van der Waals surface area (Å²) in [6, 6.07) is 4.43. The van der Waals surface area contributed by atoms with Crippen molar-refractivity contribution in [3.8, 4) is 0 Å². The molecule has 0 saturated carbocycles. The summed E-state index contributed by atoms with van der Waals surface area (Å²) in [6.07, 6.45) is 3.55. The van der Waals surface area contributed by atoms with Gasteiger partial charge in [-0.05, 0) is 18.2 Å². The Labute approximate surface area is 114 Å². The number of halogens is 1. The maximum absolute atomic E-state index is 13.1. The third kappa shape index (κ3) is 2.62. The molecule has 0 atom stereocenters. The van der Waals surface area contributed by atoms with Crippen molar-refractivity contribution in [2.45, 2.75) is 6.54 Å². The van der Waals surface area contributed by atoms with Crippen LogP contribution in [0.2, 0.25) is 0 Å². The second kappa shape index (κ2) is 5.30. The second-order valence-corrected chi connectivity index (χ2v) is 4.36. The summed E-state index contributed by atoms with van der Waals surface area (Å²) in [7, 11) is 1.65. The summed E-state index contributed by atoms with van der Waals surface area (Å²) < 4.78 is 19.9. The number of hydrogen-bond acceptors (Lipinski definition) is 4. The molecule has 104 valence electrons. The summed E-state index contributed by atoms with van der Waals surface area (Å²) >= 11 is 0. The molecule has 2 heterocycles. The van der Waals surface area contributed by atoms with Crippen molar-refractivity contribution in [3.63, 3.8) is 0 Å². The van der Waals surface area contributed by atoms with Crippen LogP contribution in [0.1, 0.15) is 0 Å². The van der Waals surface area contributed by atoms with Crippen LogP contribution in [0.5, 0.6) is 0 Å². The van der Waals surface area contributed by atoms with Crippen LogP contribution in [0, 0.1) is 5.82 Å². The van der Waals surface area contributed by atoms with E-state index >= 15 is 0 Å². The van der Waals surface area contributed by atoms with Gasteiger partial charge in [-0.25, -0.2) is 9.37 Å². The highest BCUT2D eigenvalue weighted by Crippen LogP contribution is 2.18. The molecule has 0 radical (unpaired) electrons. The van der Waals surface area contributed by atoms with E-state index in [2.05, 4.69) is 20.4 Å². The lowest BCUT2D eigenvalue weighted by molar-refractivity contribution is 0.183. The van der Waals surface area contributed by atoms with Gasteiger partial charge in [0.05, 0.1) is 36.1 Å². The Morgan fingerprint density at radius 3 is 3.20 bits per heavy atom. The molecule has 0 aliphatic carbocycles. The largest absolute Gasteiger partial charge is 0.383 e. The summed E-state index contributed by atoms with van der Waals surface area (Å²) in [4.78, 5) is 7.34. The van der Waals surface area contributed by atoms with E-state index in [0.29, 0.717) is 30.1 Å². The molecule has 0 unspecified atom stereocenters. The fourth-order valence-electron chi connectivity index (χ4n) is 1.91. The zero-order valence-corrected chi connectivity index (χ0v) is 10.9. The van der Waals surface area contributed by atoms with Gasteiger partial charge in [-0.1, -0.05) is 0 Å². The van der Waals surface area contributed by atoms with Gasteiger partial charge in [-0.2, -0.15) is 5.10 Å². The van der Waals surface area contributed by atoms with Gasteiger partial charge in [0.1, 0.15) is 5.82 Å². The molecule has 0 spiro atoms. The van der Waals surface area contributed by atoms with E-state index in [1.165, 1.54) is 12.1 Å². The van der Waals surface area contributed by atoms with E-state index in [-0.39, 0.29) is 5.82 Å². The van der Waals surface area contributed by atoms with Crippen LogP contribution in [0.15, 0.2) is 30.6 Å². The topological polar surface area (TPSA) is 67.8 Å². The van der Waals surface area contributed by atoms with E-state index in [0.717, 1.165) is 5.69 Å². The van der Waals surface area contributed by atoms with Gasteiger partial charge < -0.3 is 15.0 Å². The number of methoxy groups -OCH3 is 1. The molecular weight excluding hydrogens is 261 g/mol. The monoisotopic (exact) mass is 275 g/mol. The van der Waals surface area contributed by atoms with E-state index in [4.69, 9.17) is 4.74 Å². The summed E-state index contributed by atoms with van der Waals surface area (Å²) in [6.45, 7) is 1.29. The molecule has 1 aromatic carbocycles. The Balaban J connectivity index is 1.76. The van der Waals surface area contributed by atoms with E-state index in [1.807, 2.05) is 6.20 Å². The number of anilines is 2. The second-order valence-electron chi connectivity index (χ2n) is 4.36. The molecule has 0 amide bonds. The van der Waals surface area contributed by atoms with Crippen molar-refractivity contribution in [3.05, 3.63) is 36.4 Å². The van der Waals surface area contributed by atoms with Crippen LogP contribution in [0.4, 0.5) is 16.0 Å². The fourth-order valence-corrected chi connectivity index (χ4v) is 1.91. The molecule has 0 bridgehead atoms. The first kappa shape index (κ1) is 12.6. The van der Waals surface area contributed by atoms with Crippen molar-refractivity contribution in [1.82, 2.24) is 19.7 Å². The first-order chi connectivity index (χ1) is 9.74. The van der Waals surface area contributed by atoms with Crippen LogP contribution in [-0.4, -0.2) is 33.5 Å². The van der Waals surface area contributed by atoms with Gasteiger partial charge >= 0.3 is 0 Å². The molecule has 0 fully saturated rings. The first-order valence-corrected chi connectivity index (χ1v) is 6.18. The molecule has 2 N–H and O–H groups in total. The molecule has 0 aliphatic heterocycles. The Bertz CT molecular complexity index is 720. The number of aromatic amines is 1. The summed E-state index contributed by atoms with van der Waals surface area (Å²) in [5.74, 6) is 0.261. The molecular formula is C13H14FN5O. The highest BCUT2D eigenvalue weighted by Gasteiger charge is 2.05. The normalized spacial score (nSPS) is 11.1. The zero-order valence-electron chi connectivity index (χ0n) is 10.9. The molecule has 3 rings (SSSR count). The van der Waals surface area contributed by atoms with E-state index < -0.39 is 0 Å². The average molecular weight is 275 g/mol. The maximum atomic E-state index is 13.1. The van der Waals surface area contributed by atoms with Crippen LogP contribution in [0.25, 0.3) is 11.0 Å². The van der Waals surface area contributed by atoms with Crippen molar-refractivity contribution >= 4 is 22.7 Å². The maximum Gasteiger partial charge on any atom is 0.205 e. The Morgan fingerprint density at radius 1 is 1.45 bits per heavy atom.